The predicted molar refractivity (Wildman–Crippen MR) is 83.0 cm³/mol. The molecule has 118 valence electrons. The summed E-state index contributed by atoms with van der Waals surface area (Å²) < 4.78 is 11.0. The van der Waals surface area contributed by atoms with Crippen LogP contribution in [-0.4, -0.2) is 54.8 Å². The van der Waals surface area contributed by atoms with Crippen molar-refractivity contribution >= 4 is 17.2 Å². The fourth-order valence-corrected chi connectivity index (χ4v) is 3.40. The molecule has 5 nitrogen and oxygen atoms in total. The number of rotatable bonds is 6. The van der Waals surface area contributed by atoms with Gasteiger partial charge >= 0.3 is 0 Å². The number of carbonyl (C=O) groups excluding carboxylic acids is 1. The van der Waals surface area contributed by atoms with E-state index < -0.39 is 0 Å². The zero-order valence-electron chi connectivity index (χ0n) is 13.1. The summed E-state index contributed by atoms with van der Waals surface area (Å²) in [4.78, 5) is 19.5. The summed E-state index contributed by atoms with van der Waals surface area (Å²) in [5.74, 6) is 0.117. The Kier molecular flexibility index (Phi) is 6.14. The summed E-state index contributed by atoms with van der Waals surface area (Å²) in [5, 5.41) is 0.949. The molecule has 0 spiro atoms. The number of amides is 1. The molecule has 0 N–H and O–H groups in total. The van der Waals surface area contributed by atoms with Crippen molar-refractivity contribution in [3.8, 4) is 0 Å². The molecule has 0 bridgehead atoms. The van der Waals surface area contributed by atoms with Crippen molar-refractivity contribution < 1.29 is 14.3 Å². The number of carbonyl (C=O) groups is 1. The smallest absolute Gasteiger partial charge is 0.265 e. The van der Waals surface area contributed by atoms with E-state index >= 15 is 0 Å². The van der Waals surface area contributed by atoms with E-state index in [-0.39, 0.29) is 12.0 Å². The van der Waals surface area contributed by atoms with Crippen LogP contribution in [0, 0.1) is 13.8 Å². The van der Waals surface area contributed by atoms with Gasteiger partial charge in [-0.1, -0.05) is 0 Å². The molecule has 2 heterocycles. The monoisotopic (exact) mass is 312 g/mol. The lowest BCUT2D eigenvalue weighted by molar-refractivity contribution is -0.0182. The molecule has 0 unspecified atom stereocenters. The summed E-state index contributed by atoms with van der Waals surface area (Å²) in [7, 11) is 0. The van der Waals surface area contributed by atoms with Gasteiger partial charge in [0.15, 0.2) is 0 Å². The second-order valence-corrected chi connectivity index (χ2v) is 6.41. The number of hydrogen-bond acceptors (Lipinski definition) is 5. The van der Waals surface area contributed by atoms with E-state index in [9.17, 15) is 4.79 Å². The first kappa shape index (κ1) is 16.4. The SMILES string of the molecule is CCOCCOC1CCN(C(=O)c2sc(C)nc2C)CC1. The molecule has 0 atom stereocenters. The third kappa shape index (κ3) is 4.49. The van der Waals surface area contributed by atoms with Crippen LogP contribution >= 0.6 is 11.3 Å². The molecule has 1 aromatic rings. The van der Waals surface area contributed by atoms with Crippen LogP contribution in [0.2, 0.25) is 0 Å². The molecule has 0 aromatic carbocycles. The van der Waals surface area contributed by atoms with E-state index in [4.69, 9.17) is 9.47 Å². The van der Waals surface area contributed by atoms with Crippen LogP contribution in [0.1, 0.15) is 40.1 Å². The number of nitrogens with zero attached hydrogens (tertiary/aromatic N) is 2. The van der Waals surface area contributed by atoms with Gasteiger partial charge in [-0.2, -0.15) is 0 Å². The molecule has 1 aliphatic heterocycles. The fourth-order valence-electron chi connectivity index (χ4n) is 2.52. The first-order chi connectivity index (χ1) is 10.1. The second-order valence-electron chi connectivity index (χ2n) is 5.21. The van der Waals surface area contributed by atoms with Crippen molar-refractivity contribution in [2.45, 2.75) is 39.7 Å². The largest absolute Gasteiger partial charge is 0.379 e. The molecule has 1 aliphatic rings. The molecule has 1 fully saturated rings. The summed E-state index contributed by atoms with van der Waals surface area (Å²) in [6, 6.07) is 0. The standard InChI is InChI=1S/C15H24N2O3S/c1-4-19-9-10-20-13-5-7-17(8-6-13)15(18)14-11(2)16-12(3)21-14/h13H,4-10H2,1-3H3. The van der Waals surface area contributed by atoms with Gasteiger partial charge in [0.05, 0.1) is 30.0 Å². The van der Waals surface area contributed by atoms with Gasteiger partial charge in [0.1, 0.15) is 4.88 Å². The lowest BCUT2D eigenvalue weighted by Gasteiger charge is -2.31. The van der Waals surface area contributed by atoms with Crippen LogP contribution in [0.5, 0.6) is 0 Å². The van der Waals surface area contributed by atoms with Gasteiger partial charge in [0.2, 0.25) is 0 Å². The van der Waals surface area contributed by atoms with E-state index in [1.807, 2.05) is 25.7 Å². The van der Waals surface area contributed by atoms with Crippen LogP contribution in [0.4, 0.5) is 0 Å². The first-order valence-corrected chi connectivity index (χ1v) is 8.36. The van der Waals surface area contributed by atoms with E-state index in [0.717, 1.165) is 48.1 Å². The van der Waals surface area contributed by atoms with E-state index in [0.29, 0.717) is 13.2 Å². The van der Waals surface area contributed by atoms with Gasteiger partial charge in [0.25, 0.3) is 5.91 Å². The van der Waals surface area contributed by atoms with Gasteiger partial charge in [-0.25, -0.2) is 4.98 Å². The highest BCUT2D eigenvalue weighted by atomic mass is 32.1. The maximum absolute atomic E-state index is 12.5. The van der Waals surface area contributed by atoms with Crippen LogP contribution in [0.25, 0.3) is 0 Å². The molecule has 0 saturated carbocycles. The highest BCUT2D eigenvalue weighted by molar-refractivity contribution is 7.13. The Morgan fingerprint density at radius 3 is 2.62 bits per heavy atom. The normalized spacial score (nSPS) is 16.4. The van der Waals surface area contributed by atoms with E-state index in [1.54, 1.807) is 0 Å². The number of aromatic nitrogens is 1. The third-order valence-corrected chi connectivity index (χ3v) is 4.67. The predicted octanol–water partition coefficient (Wildman–Crippen LogP) is 2.42. The Hall–Kier alpha value is -0.980. The van der Waals surface area contributed by atoms with E-state index in [1.165, 1.54) is 11.3 Å². The number of ether oxygens (including phenoxy) is 2. The van der Waals surface area contributed by atoms with Gasteiger partial charge in [0, 0.05) is 19.7 Å². The highest BCUT2D eigenvalue weighted by Gasteiger charge is 2.26. The highest BCUT2D eigenvalue weighted by Crippen LogP contribution is 2.22. The Labute approximate surface area is 130 Å². The quantitative estimate of drug-likeness (QED) is 0.757. The Morgan fingerprint density at radius 2 is 2.05 bits per heavy atom. The van der Waals surface area contributed by atoms with Gasteiger partial charge in [-0.3, -0.25) is 4.79 Å². The zero-order valence-corrected chi connectivity index (χ0v) is 13.9. The summed E-state index contributed by atoms with van der Waals surface area (Å²) in [6.45, 7) is 9.35. The molecule has 1 aromatic heterocycles. The summed E-state index contributed by atoms with van der Waals surface area (Å²) in [5.41, 5.74) is 0.845. The van der Waals surface area contributed by atoms with Crippen LogP contribution in [0.3, 0.4) is 0 Å². The molecular weight excluding hydrogens is 288 g/mol. The number of thiazole rings is 1. The first-order valence-electron chi connectivity index (χ1n) is 7.54. The average molecular weight is 312 g/mol. The minimum absolute atomic E-state index is 0.117. The van der Waals surface area contributed by atoms with Crippen molar-refractivity contribution in [3.05, 3.63) is 15.6 Å². The Morgan fingerprint density at radius 1 is 1.33 bits per heavy atom. The lowest BCUT2D eigenvalue weighted by Crippen LogP contribution is -2.41. The van der Waals surface area contributed by atoms with Crippen molar-refractivity contribution in [3.63, 3.8) is 0 Å². The van der Waals surface area contributed by atoms with Crippen molar-refractivity contribution in [2.75, 3.05) is 32.9 Å². The number of hydrogen-bond donors (Lipinski definition) is 0. The van der Waals surface area contributed by atoms with Crippen LogP contribution in [0.15, 0.2) is 0 Å². The molecular formula is C15H24N2O3S. The zero-order chi connectivity index (χ0) is 15.2. The molecule has 2 rings (SSSR count). The minimum Gasteiger partial charge on any atom is -0.379 e. The lowest BCUT2D eigenvalue weighted by atomic mass is 10.1. The van der Waals surface area contributed by atoms with Crippen molar-refractivity contribution in [2.24, 2.45) is 0 Å². The summed E-state index contributed by atoms with van der Waals surface area (Å²) in [6.07, 6.45) is 2.04. The molecule has 0 aliphatic carbocycles. The second kappa shape index (κ2) is 7.87. The molecule has 21 heavy (non-hydrogen) atoms. The number of likely N-dealkylation sites (tertiary alicyclic amines) is 1. The number of piperidine rings is 1. The average Bonchev–Trinajstić information content (AvgIpc) is 2.82. The van der Waals surface area contributed by atoms with Crippen molar-refractivity contribution in [1.29, 1.82) is 0 Å². The van der Waals surface area contributed by atoms with Gasteiger partial charge in [-0.05, 0) is 33.6 Å². The van der Waals surface area contributed by atoms with E-state index in [2.05, 4.69) is 4.98 Å². The topological polar surface area (TPSA) is 51.7 Å². The maximum atomic E-state index is 12.5. The van der Waals surface area contributed by atoms with Crippen molar-refractivity contribution in [1.82, 2.24) is 9.88 Å². The fraction of sp³-hybridized carbons (Fsp3) is 0.733. The molecule has 1 saturated heterocycles. The van der Waals surface area contributed by atoms with Gasteiger partial charge < -0.3 is 14.4 Å². The maximum Gasteiger partial charge on any atom is 0.265 e. The third-order valence-electron chi connectivity index (χ3n) is 3.61. The minimum atomic E-state index is 0.117. The molecule has 1 amide bonds. The molecule has 6 heteroatoms. The Bertz CT molecular complexity index is 467. The van der Waals surface area contributed by atoms with Gasteiger partial charge in [-0.15, -0.1) is 11.3 Å². The Balaban J connectivity index is 1.78. The summed E-state index contributed by atoms with van der Waals surface area (Å²) >= 11 is 1.49. The molecule has 0 radical (unpaired) electrons. The van der Waals surface area contributed by atoms with Crippen LogP contribution in [-0.2, 0) is 9.47 Å². The number of aryl methyl sites for hydroxylation is 2. The van der Waals surface area contributed by atoms with Crippen LogP contribution < -0.4 is 0 Å².